The molecule has 202 valence electrons. The summed E-state index contributed by atoms with van der Waals surface area (Å²) in [6.07, 6.45) is 0. The number of ether oxygens (including phenoxy) is 1. The molecule has 1 atom stereocenters. The number of esters is 1. The highest BCUT2D eigenvalue weighted by molar-refractivity contribution is 7.02. The number of hydrogen-bond donors (Lipinski definition) is 0. The second-order valence-corrected chi connectivity index (χ2v) is 16.9. The predicted octanol–water partition coefficient (Wildman–Crippen LogP) is 4.12. The molecule has 3 aliphatic heterocycles. The minimum atomic E-state index is -2.53. The zero-order chi connectivity index (χ0) is 28.1. The molecule has 1 unspecified atom stereocenters. The van der Waals surface area contributed by atoms with Crippen molar-refractivity contribution in [2.75, 3.05) is 19.0 Å². The first-order valence-corrected chi connectivity index (χ1v) is 16.5. The Bertz CT molecular complexity index is 1520. The maximum absolute atomic E-state index is 15.4. The normalized spacial score (nSPS) is 23.3. The summed E-state index contributed by atoms with van der Waals surface area (Å²) < 4.78 is 34.6. The van der Waals surface area contributed by atoms with Crippen LogP contribution < -0.4 is 20.7 Å². The van der Waals surface area contributed by atoms with Crippen molar-refractivity contribution in [3.63, 3.8) is 0 Å². The van der Waals surface area contributed by atoms with Gasteiger partial charge >= 0.3 is 13.1 Å². The smallest absolute Gasteiger partial charge is 0.441 e. The number of halogens is 1. The standard InChI is InChI=1S/C31H35BFNO4Si/c1-29(2)30(3,4)38-32(37-29)25-16-15-24-27(21(25)18-33)39(7,8)26-17-19(34(5)6)13-14-23(26)31(24)22-12-10-9-11-20(22)28(35)36-31/h9-17H,18H2,1-8H3. The van der Waals surface area contributed by atoms with Crippen LogP contribution in [-0.4, -0.2) is 46.5 Å². The van der Waals surface area contributed by atoms with Gasteiger partial charge in [-0.3, -0.25) is 0 Å². The number of rotatable bonds is 3. The van der Waals surface area contributed by atoms with Crippen LogP contribution in [0.2, 0.25) is 13.1 Å². The molecular formula is C31H35BFNO4Si. The lowest BCUT2D eigenvalue weighted by atomic mass is 9.72. The third-order valence-electron chi connectivity index (χ3n) is 9.34. The maximum Gasteiger partial charge on any atom is 0.495 e. The van der Waals surface area contributed by atoms with Gasteiger partial charge in [0.1, 0.15) is 14.7 Å². The van der Waals surface area contributed by atoms with Crippen LogP contribution in [0.1, 0.15) is 60.3 Å². The van der Waals surface area contributed by atoms with Gasteiger partial charge in [-0.15, -0.1) is 0 Å². The van der Waals surface area contributed by atoms with E-state index in [-0.39, 0.29) is 5.97 Å². The van der Waals surface area contributed by atoms with E-state index in [1.54, 1.807) is 0 Å². The van der Waals surface area contributed by atoms with E-state index in [0.717, 1.165) is 32.8 Å². The summed E-state index contributed by atoms with van der Waals surface area (Å²) in [5.74, 6) is -0.364. The minimum absolute atomic E-state index is 0.364. The molecule has 3 aromatic rings. The van der Waals surface area contributed by atoms with Crippen LogP contribution in [0, 0.1) is 0 Å². The van der Waals surface area contributed by atoms with Gasteiger partial charge in [0.15, 0.2) is 5.60 Å². The van der Waals surface area contributed by atoms with Gasteiger partial charge < -0.3 is 18.9 Å². The number of carbonyl (C=O) groups excluding carboxylic acids is 1. The highest BCUT2D eigenvalue weighted by Gasteiger charge is 2.58. The van der Waals surface area contributed by atoms with E-state index in [9.17, 15) is 4.79 Å². The summed E-state index contributed by atoms with van der Waals surface area (Å²) in [5, 5.41) is 2.08. The van der Waals surface area contributed by atoms with Crippen LogP contribution in [0.15, 0.2) is 54.6 Å². The summed E-state index contributed by atoms with van der Waals surface area (Å²) in [7, 11) is 0.793. The Kier molecular flexibility index (Phi) is 5.59. The molecule has 0 saturated carbocycles. The average Bonchev–Trinajstić information content (AvgIpc) is 3.30. The molecule has 3 heterocycles. The van der Waals surface area contributed by atoms with Crippen LogP contribution in [0.5, 0.6) is 0 Å². The van der Waals surface area contributed by atoms with Crippen LogP contribution in [-0.2, 0) is 26.3 Å². The molecular weight excluding hydrogens is 508 g/mol. The molecule has 0 aliphatic carbocycles. The zero-order valence-corrected chi connectivity index (χ0v) is 24.9. The number of hydrogen-bond acceptors (Lipinski definition) is 5. The van der Waals surface area contributed by atoms with Crippen molar-refractivity contribution >= 4 is 42.7 Å². The van der Waals surface area contributed by atoms with Crippen LogP contribution >= 0.6 is 0 Å². The number of alkyl halides is 1. The fraction of sp³-hybridized carbons (Fsp3) is 0.387. The zero-order valence-electron chi connectivity index (χ0n) is 23.9. The molecule has 8 heteroatoms. The molecule has 3 aliphatic rings. The van der Waals surface area contributed by atoms with Gasteiger partial charge in [0.2, 0.25) is 0 Å². The van der Waals surface area contributed by atoms with Crippen molar-refractivity contribution in [2.24, 2.45) is 0 Å². The van der Waals surface area contributed by atoms with Gasteiger partial charge in [-0.1, -0.05) is 49.5 Å². The summed E-state index contributed by atoms with van der Waals surface area (Å²) in [6, 6.07) is 17.8. The second-order valence-electron chi connectivity index (χ2n) is 12.6. The van der Waals surface area contributed by atoms with Crippen molar-refractivity contribution in [3.8, 4) is 0 Å². The van der Waals surface area contributed by atoms with Crippen molar-refractivity contribution in [1.82, 2.24) is 0 Å². The Morgan fingerprint density at radius 1 is 0.897 bits per heavy atom. The Hall–Kier alpha value is -2.94. The fourth-order valence-corrected chi connectivity index (χ4v) is 10.1. The first-order chi connectivity index (χ1) is 18.3. The van der Waals surface area contributed by atoms with Crippen LogP contribution in [0.4, 0.5) is 10.1 Å². The minimum Gasteiger partial charge on any atom is -0.441 e. The van der Waals surface area contributed by atoms with Gasteiger partial charge in [-0.2, -0.15) is 0 Å². The quantitative estimate of drug-likeness (QED) is 0.368. The molecule has 3 aromatic carbocycles. The summed E-state index contributed by atoms with van der Waals surface area (Å²) in [6.45, 7) is 11.8. The summed E-state index contributed by atoms with van der Waals surface area (Å²) in [5.41, 5.74) is 3.24. The number of anilines is 1. The number of fused-ring (bicyclic) bond motifs is 6. The van der Waals surface area contributed by atoms with Gasteiger partial charge in [0.05, 0.1) is 16.8 Å². The lowest BCUT2D eigenvalue weighted by molar-refractivity contribution is 0.00578. The number of benzene rings is 3. The Morgan fingerprint density at radius 3 is 2.18 bits per heavy atom. The van der Waals surface area contributed by atoms with Crippen LogP contribution in [0.3, 0.4) is 0 Å². The van der Waals surface area contributed by atoms with Crippen molar-refractivity contribution in [3.05, 3.63) is 82.4 Å². The molecule has 0 amide bonds. The van der Waals surface area contributed by atoms with E-state index in [4.69, 9.17) is 14.0 Å². The van der Waals surface area contributed by atoms with Gasteiger partial charge in [-0.05, 0) is 67.3 Å². The highest BCUT2D eigenvalue weighted by Crippen LogP contribution is 2.49. The highest BCUT2D eigenvalue weighted by atomic mass is 28.3. The van der Waals surface area contributed by atoms with Crippen molar-refractivity contribution in [2.45, 2.75) is 64.3 Å². The van der Waals surface area contributed by atoms with E-state index >= 15 is 4.39 Å². The van der Waals surface area contributed by atoms with Crippen molar-refractivity contribution < 1.29 is 23.2 Å². The summed E-state index contributed by atoms with van der Waals surface area (Å²) >= 11 is 0. The second kappa shape index (κ2) is 8.29. The van der Waals surface area contributed by atoms with Gasteiger partial charge in [0, 0.05) is 36.5 Å². The maximum atomic E-state index is 15.4. The molecule has 0 aromatic heterocycles. The first kappa shape index (κ1) is 26.3. The molecule has 6 rings (SSSR count). The molecule has 1 spiro atoms. The topological polar surface area (TPSA) is 48.0 Å². The van der Waals surface area contributed by atoms with Gasteiger partial charge in [-0.25, -0.2) is 9.18 Å². The lowest BCUT2D eigenvalue weighted by Gasteiger charge is -2.45. The third kappa shape index (κ3) is 3.41. The average molecular weight is 544 g/mol. The SMILES string of the molecule is CN(C)c1ccc2c(c1)[Si](C)(C)c1c(ccc(B3OC(C)(C)C(C)(C)O3)c1CF)C21OC(=O)c2ccccc21. The first-order valence-electron chi connectivity index (χ1n) is 13.5. The number of nitrogens with zero attached hydrogens (tertiary/aromatic N) is 1. The van der Waals surface area contributed by atoms with Crippen LogP contribution in [0.25, 0.3) is 0 Å². The molecule has 5 nitrogen and oxygen atoms in total. The monoisotopic (exact) mass is 543 g/mol. The van der Waals surface area contributed by atoms with E-state index in [2.05, 4.69) is 36.2 Å². The van der Waals surface area contributed by atoms with E-state index in [1.165, 1.54) is 0 Å². The molecule has 0 N–H and O–H groups in total. The van der Waals surface area contributed by atoms with E-state index < -0.39 is 38.7 Å². The van der Waals surface area contributed by atoms with E-state index in [0.29, 0.717) is 16.6 Å². The molecule has 1 saturated heterocycles. The molecule has 0 radical (unpaired) electrons. The Labute approximate surface area is 231 Å². The molecule has 1 fully saturated rings. The largest absolute Gasteiger partial charge is 0.495 e. The fourth-order valence-electron chi connectivity index (χ4n) is 6.54. The van der Waals surface area contributed by atoms with Gasteiger partial charge in [0.25, 0.3) is 0 Å². The third-order valence-corrected chi connectivity index (χ3v) is 12.9. The predicted molar refractivity (Wildman–Crippen MR) is 156 cm³/mol. The van der Waals surface area contributed by atoms with Crippen molar-refractivity contribution in [1.29, 1.82) is 0 Å². The molecule has 39 heavy (non-hydrogen) atoms. The van der Waals surface area contributed by atoms with E-state index in [1.807, 2.05) is 78.2 Å². The Balaban J connectivity index is 1.69. The summed E-state index contributed by atoms with van der Waals surface area (Å²) in [4.78, 5) is 15.4. The molecule has 0 bridgehead atoms. The lowest BCUT2D eigenvalue weighted by Crippen LogP contribution is -2.65. The number of carbonyl (C=O) groups is 1. The Morgan fingerprint density at radius 2 is 1.54 bits per heavy atom.